The molecule has 1 aliphatic rings. The van der Waals surface area contributed by atoms with Crippen molar-refractivity contribution in [2.75, 3.05) is 13.2 Å². The molecule has 1 saturated heterocycles. The number of halogens is 1. The van der Waals surface area contributed by atoms with Gasteiger partial charge in [-0.15, -0.1) is 0 Å². The molecule has 0 saturated carbocycles. The van der Waals surface area contributed by atoms with Crippen LogP contribution in [0.4, 0.5) is 0 Å². The van der Waals surface area contributed by atoms with Crippen molar-refractivity contribution < 1.29 is 29.2 Å². The summed E-state index contributed by atoms with van der Waals surface area (Å²) in [5, 5.41) is 20.9. The summed E-state index contributed by atoms with van der Waals surface area (Å²) in [7, 11) is 0. The predicted octanol–water partition coefficient (Wildman–Crippen LogP) is 4.08. The van der Waals surface area contributed by atoms with Crippen molar-refractivity contribution >= 4 is 17.6 Å². The normalized spacial score (nSPS) is 22.5. The first-order valence-corrected chi connectivity index (χ1v) is 11.1. The monoisotopic (exact) mass is 452 g/mol. The Morgan fingerprint density at radius 3 is 2.84 bits per heavy atom. The zero-order valence-corrected chi connectivity index (χ0v) is 18.9. The van der Waals surface area contributed by atoms with Crippen LogP contribution >= 0.6 is 11.6 Å². The smallest absolute Gasteiger partial charge is 0.306 e. The topological polar surface area (TPSA) is 85.2 Å². The van der Waals surface area contributed by atoms with Gasteiger partial charge in [-0.3, -0.25) is 4.79 Å². The fourth-order valence-electron chi connectivity index (χ4n) is 3.31. The molecule has 1 aromatic rings. The molecule has 4 atom stereocenters. The molecular formula is C24H33ClO6. The third-order valence-corrected chi connectivity index (χ3v) is 5.07. The van der Waals surface area contributed by atoms with Crippen LogP contribution in [0.2, 0.25) is 5.02 Å². The number of allylic oxidation sites excluding steroid dienone is 2. The molecule has 0 spiro atoms. The van der Waals surface area contributed by atoms with E-state index in [0.29, 0.717) is 23.6 Å². The predicted molar refractivity (Wildman–Crippen MR) is 120 cm³/mol. The molecule has 0 bridgehead atoms. The molecule has 2 N–H and O–H groups in total. The number of aliphatic hydroxyl groups excluding tert-OH is 2. The quantitative estimate of drug-likeness (QED) is 0.367. The molecule has 0 aliphatic carbocycles. The van der Waals surface area contributed by atoms with Crippen LogP contribution in [0.25, 0.3) is 0 Å². The Morgan fingerprint density at radius 1 is 1.32 bits per heavy atom. The van der Waals surface area contributed by atoms with Gasteiger partial charge in [0.05, 0.1) is 24.9 Å². The van der Waals surface area contributed by atoms with Crippen LogP contribution in [0.5, 0.6) is 5.75 Å². The van der Waals surface area contributed by atoms with Gasteiger partial charge in [-0.2, -0.15) is 0 Å². The van der Waals surface area contributed by atoms with E-state index in [4.69, 9.17) is 25.8 Å². The standard InChI is InChI=1S/C24H33ClO6/c1-17(2)31-24(28)11-6-4-3-5-10-21-22(27)16-30-23(21)13-12-19(26)15-29-20-9-7-8-18(25)14-20/h3-4,7-9,12-14,17,19,21-23,26-27H,5-6,10-11,15-16H2,1-2H3/t19?,21-,22+,23-/m1/s1. The van der Waals surface area contributed by atoms with Crippen molar-refractivity contribution in [1.82, 2.24) is 0 Å². The minimum absolute atomic E-state index is 0.0483. The second-order valence-electron chi connectivity index (χ2n) is 7.88. The minimum atomic E-state index is -0.800. The molecule has 2 rings (SSSR count). The summed E-state index contributed by atoms with van der Waals surface area (Å²) in [6, 6.07) is 6.99. The van der Waals surface area contributed by atoms with Gasteiger partial charge in [0.15, 0.2) is 0 Å². The van der Waals surface area contributed by atoms with Crippen LogP contribution < -0.4 is 4.74 Å². The number of hydrogen-bond acceptors (Lipinski definition) is 6. The van der Waals surface area contributed by atoms with Crippen molar-refractivity contribution in [2.24, 2.45) is 5.92 Å². The Labute approximate surface area is 189 Å². The first-order valence-electron chi connectivity index (χ1n) is 10.7. The fourth-order valence-corrected chi connectivity index (χ4v) is 3.49. The third-order valence-electron chi connectivity index (χ3n) is 4.83. The first kappa shape index (κ1) is 25.4. The number of aliphatic hydroxyl groups is 2. The zero-order chi connectivity index (χ0) is 22.6. The van der Waals surface area contributed by atoms with E-state index in [9.17, 15) is 15.0 Å². The summed E-state index contributed by atoms with van der Waals surface area (Å²) in [6.45, 7) is 4.04. The molecule has 0 aromatic heterocycles. The second-order valence-corrected chi connectivity index (χ2v) is 8.31. The summed E-state index contributed by atoms with van der Waals surface area (Å²) in [5.41, 5.74) is 0. The number of hydrogen-bond donors (Lipinski definition) is 2. The van der Waals surface area contributed by atoms with Crippen LogP contribution in [-0.2, 0) is 14.3 Å². The molecular weight excluding hydrogens is 420 g/mol. The summed E-state index contributed by atoms with van der Waals surface area (Å²) in [6.07, 6.45) is 8.24. The van der Waals surface area contributed by atoms with E-state index < -0.39 is 12.2 Å². The van der Waals surface area contributed by atoms with E-state index in [-0.39, 0.29) is 37.3 Å². The van der Waals surface area contributed by atoms with Crippen molar-refractivity contribution in [3.8, 4) is 5.75 Å². The third kappa shape index (κ3) is 9.87. The summed E-state index contributed by atoms with van der Waals surface area (Å²) in [5.74, 6) is 0.352. The number of rotatable bonds is 12. The largest absolute Gasteiger partial charge is 0.491 e. The Morgan fingerprint density at radius 2 is 2.10 bits per heavy atom. The van der Waals surface area contributed by atoms with E-state index in [0.717, 1.165) is 12.8 Å². The fraction of sp³-hybridized carbons (Fsp3) is 0.542. The van der Waals surface area contributed by atoms with Gasteiger partial charge in [0.1, 0.15) is 18.5 Å². The van der Waals surface area contributed by atoms with Crippen molar-refractivity contribution in [1.29, 1.82) is 0 Å². The lowest BCUT2D eigenvalue weighted by atomic mass is 9.93. The zero-order valence-electron chi connectivity index (χ0n) is 18.2. The lowest BCUT2D eigenvalue weighted by Gasteiger charge is -2.17. The highest BCUT2D eigenvalue weighted by Gasteiger charge is 2.33. The van der Waals surface area contributed by atoms with E-state index in [1.54, 1.807) is 36.4 Å². The van der Waals surface area contributed by atoms with Gasteiger partial charge >= 0.3 is 5.97 Å². The molecule has 31 heavy (non-hydrogen) atoms. The van der Waals surface area contributed by atoms with Gasteiger partial charge in [-0.25, -0.2) is 0 Å². The maximum atomic E-state index is 11.5. The molecule has 1 unspecified atom stereocenters. The van der Waals surface area contributed by atoms with Crippen LogP contribution in [0, 0.1) is 5.92 Å². The highest BCUT2D eigenvalue weighted by molar-refractivity contribution is 6.30. The van der Waals surface area contributed by atoms with Crippen molar-refractivity contribution in [2.45, 2.75) is 63.9 Å². The Hall–Kier alpha value is -1.86. The van der Waals surface area contributed by atoms with Crippen LogP contribution in [-0.4, -0.2) is 53.8 Å². The summed E-state index contributed by atoms with van der Waals surface area (Å²) >= 11 is 5.92. The van der Waals surface area contributed by atoms with Gasteiger partial charge in [-0.1, -0.05) is 42.0 Å². The summed E-state index contributed by atoms with van der Waals surface area (Å²) in [4.78, 5) is 11.5. The SMILES string of the molecule is CC(C)OC(=O)CCC=CCC[C@@H]1[C@@H](O)CO[C@@H]1C=CC(O)COc1cccc(Cl)c1. The molecule has 0 radical (unpaired) electrons. The van der Waals surface area contributed by atoms with Gasteiger partial charge < -0.3 is 24.4 Å². The highest BCUT2D eigenvalue weighted by atomic mass is 35.5. The highest BCUT2D eigenvalue weighted by Crippen LogP contribution is 2.27. The Kier molecular flexibility index (Phi) is 11.1. The lowest BCUT2D eigenvalue weighted by molar-refractivity contribution is -0.147. The molecule has 7 heteroatoms. The molecule has 1 heterocycles. The number of benzene rings is 1. The molecule has 0 amide bonds. The maximum absolute atomic E-state index is 11.5. The molecule has 6 nitrogen and oxygen atoms in total. The van der Waals surface area contributed by atoms with Gasteiger partial charge in [0.2, 0.25) is 0 Å². The average Bonchev–Trinajstić information content (AvgIpc) is 3.06. The average molecular weight is 453 g/mol. The van der Waals surface area contributed by atoms with Crippen LogP contribution in [0.15, 0.2) is 48.6 Å². The van der Waals surface area contributed by atoms with E-state index >= 15 is 0 Å². The Balaban J connectivity index is 1.71. The van der Waals surface area contributed by atoms with Gasteiger partial charge in [0.25, 0.3) is 0 Å². The molecule has 1 aliphatic heterocycles. The molecule has 1 fully saturated rings. The van der Waals surface area contributed by atoms with E-state index in [1.807, 2.05) is 26.0 Å². The van der Waals surface area contributed by atoms with E-state index in [2.05, 4.69) is 0 Å². The number of esters is 1. The number of carbonyl (C=O) groups is 1. The van der Waals surface area contributed by atoms with E-state index in [1.165, 1.54) is 0 Å². The summed E-state index contributed by atoms with van der Waals surface area (Å²) < 4.78 is 16.3. The number of ether oxygens (including phenoxy) is 3. The molecule has 172 valence electrons. The minimum Gasteiger partial charge on any atom is -0.491 e. The Bertz CT molecular complexity index is 733. The van der Waals surface area contributed by atoms with Gasteiger partial charge in [0, 0.05) is 17.4 Å². The number of carbonyl (C=O) groups excluding carboxylic acids is 1. The van der Waals surface area contributed by atoms with Crippen molar-refractivity contribution in [3.63, 3.8) is 0 Å². The van der Waals surface area contributed by atoms with Crippen molar-refractivity contribution in [3.05, 3.63) is 53.6 Å². The molecule has 1 aromatic carbocycles. The lowest BCUT2D eigenvalue weighted by Crippen LogP contribution is -2.23. The van der Waals surface area contributed by atoms with Gasteiger partial charge in [-0.05, 0) is 51.3 Å². The van der Waals surface area contributed by atoms with Crippen LogP contribution in [0.1, 0.15) is 39.5 Å². The van der Waals surface area contributed by atoms with Crippen LogP contribution in [0.3, 0.4) is 0 Å². The second kappa shape index (κ2) is 13.5. The maximum Gasteiger partial charge on any atom is 0.306 e. The first-order chi connectivity index (χ1) is 14.8.